The molecule has 0 saturated carbocycles. The highest BCUT2D eigenvalue weighted by molar-refractivity contribution is 5.90. The highest BCUT2D eigenvalue weighted by atomic mass is 15.4. The van der Waals surface area contributed by atoms with Crippen LogP contribution < -0.4 is 10.9 Å². The number of aromatic nitrogens is 1. The number of nitrogens with zero attached hydrogens (tertiary/aromatic N) is 2. The third-order valence-corrected chi connectivity index (χ3v) is 5.48. The van der Waals surface area contributed by atoms with Crippen LogP contribution in [0.1, 0.15) is 28.4 Å². The molecule has 1 aliphatic rings. The Kier molecular flexibility index (Phi) is 3.21. The molecule has 3 heteroatoms. The van der Waals surface area contributed by atoms with E-state index >= 15 is 0 Å². The number of para-hydroxylation sites is 2. The molecule has 0 saturated heterocycles. The van der Waals surface area contributed by atoms with E-state index in [1.807, 2.05) is 11.1 Å². The van der Waals surface area contributed by atoms with Crippen LogP contribution in [0.2, 0.25) is 0 Å². The zero-order valence-corrected chi connectivity index (χ0v) is 15.0. The summed E-state index contributed by atoms with van der Waals surface area (Å²) in [6.07, 6.45) is 0. The number of rotatable bonds is 1. The first-order valence-corrected chi connectivity index (χ1v) is 8.96. The normalized spacial score (nSPS) is 15.8. The fourth-order valence-corrected chi connectivity index (χ4v) is 4.26. The van der Waals surface area contributed by atoms with Crippen LogP contribution in [-0.4, -0.2) is 4.57 Å². The molecule has 0 radical (unpaired) electrons. The van der Waals surface area contributed by atoms with E-state index in [2.05, 4.69) is 85.1 Å². The molecule has 128 valence electrons. The lowest BCUT2D eigenvalue weighted by Crippen LogP contribution is -2.40. The quantitative estimate of drug-likeness (QED) is 0.494. The van der Waals surface area contributed by atoms with Crippen LogP contribution in [-0.2, 0) is 0 Å². The summed E-state index contributed by atoms with van der Waals surface area (Å²) in [6.45, 7) is 4.36. The Morgan fingerprint density at radius 3 is 2.27 bits per heavy atom. The average molecular weight is 339 g/mol. The first-order valence-electron chi connectivity index (χ1n) is 8.96. The fraction of sp³-hybridized carbons (Fsp3) is 0.130. The van der Waals surface area contributed by atoms with Crippen LogP contribution >= 0.6 is 0 Å². The van der Waals surface area contributed by atoms with Gasteiger partial charge < -0.3 is 4.57 Å². The van der Waals surface area contributed by atoms with Gasteiger partial charge in [0, 0.05) is 5.39 Å². The van der Waals surface area contributed by atoms with E-state index in [0.29, 0.717) is 0 Å². The summed E-state index contributed by atoms with van der Waals surface area (Å²) in [5, 5.41) is 3.21. The van der Waals surface area contributed by atoms with Crippen LogP contribution in [0.5, 0.6) is 0 Å². The summed E-state index contributed by atoms with van der Waals surface area (Å²) < 4.78 is 2.39. The third kappa shape index (κ3) is 1.98. The van der Waals surface area contributed by atoms with Crippen LogP contribution in [0.15, 0.2) is 72.8 Å². The van der Waals surface area contributed by atoms with E-state index in [1.165, 1.54) is 33.3 Å². The Labute approximate surface area is 153 Å². The lowest BCUT2D eigenvalue weighted by Gasteiger charge is -2.37. The molecule has 0 spiro atoms. The van der Waals surface area contributed by atoms with Crippen LogP contribution in [0.3, 0.4) is 0 Å². The Balaban J connectivity index is 1.92. The molecule has 4 aromatic rings. The molecular weight excluding hydrogens is 318 g/mol. The van der Waals surface area contributed by atoms with E-state index < -0.39 is 0 Å². The van der Waals surface area contributed by atoms with E-state index in [9.17, 15) is 0 Å². The van der Waals surface area contributed by atoms with Gasteiger partial charge in [-0.05, 0) is 49.2 Å². The number of aryl methyl sites for hydroxylation is 2. The first kappa shape index (κ1) is 15.2. The van der Waals surface area contributed by atoms with Crippen molar-refractivity contribution < 1.29 is 0 Å². The van der Waals surface area contributed by atoms with Gasteiger partial charge in [-0.25, -0.2) is 5.84 Å². The minimum atomic E-state index is -0.0150. The largest absolute Gasteiger partial charge is 0.309 e. The van der Waals surface area contributed by atoms with Crippen molar-refractivity contribution in [2.24, 2.45) is 5.84 Å². The number of hydrogen-bond donors (Lipinski definition) is 1. The molecule has 3 nitrogen and oxygen atoms in total. The van der Waals surface area contributed by atoms with Gasteiger partial charge in [-0.2, -0.15) is 0 Å². The summed E-state index contributed by atoms with van der Waals surface area (Å²) in [7, 11) is 0. The van der Waals surface area contributed by atoms with Crippen molar-refractivity contribution >= 4 is 16.6 Å². The molecule has 0 bridgehead atoms. The van der Waals surface area contributed by atoms with Crippen molar-refractivity contribution in [1.29, 1.82) is 0 Å². The fourth-order valence-electron chi connectivity index (χ4n) is 4.26. The maximum Gasteiger partial charge on any atom is 0.111 e. The molecule has 1 aromatic heterocycles. The van der Waals surface area contributed by atoms with Gasteiger partial charge in [-0.1, -0.05) is 54.1 Å². The lowest BCUT2D eigenvalue weighted by atomic mass is 9.97. The highest BCUT2D eigenvalue weighted by Gasteiger charge is 2.34. The summed E-state index contributed by atoms with van der Waals surface area (Å²) in [5.41, 5.74) is 8.45. The Morgan fingerprint density at radius 2 is 1.50 bits per heavy atom. The summed E-state index contributed by atoms with van der Waals surface area (Å²) in [6, 6.07) is 25.6. The lowest BCUT2D eigenvalue weighted by molar-refractivity contribution is 0.670. The Bertz CT molecular complexity index is 1130. The monoisotopic (exact) mass is 339 g/mol. The molecule has 5 rings (SSSR count). The average Bonchev–Trinajstić information content (AvgIpc) is 2.95. The van der Waals surface area contributed by atoms with E-state index in [0.717, 1.165) is 11.4 Å². The van der Waals surface area contributed by atoms with Gasteiger partial charge in [0.25, 0.3) is 0 Å². The number of hydrogen-bond acceptors (Lipinski definition) is 2. The number of anilines is 1. The predicted molar refractivity (Wildman–Crippen MR) is 108 cm³/mol. The number of nitrogens with two attached hydrogens (primary N) is 1. The SMILES string of the molecule is Cc1ccc2c(c1)c(C)c1n2-c2ccccc2N(N)C1c1ccccc1. The third-order valence-electron chi connectivity index (χ3n) is 5.48. The molecule has 0 amide bonds. The van der Waals surface area contributed by atoms with Crippen molar-refractivity contribution in [2.75, 3.05) is 5.01 Å². The second kappa shape index (κ2) is 5.48. The smallest absolute Gasteiger partial charge is 0.111 e. The van der Waals surface area contributed by atoms with Crippen molar-refractivity contribution in [3.63, 3.8) is 0 Å². The van der Waals surface area contributed by atoms with Crippen LogP contribution in [0.4, 0.5) is 5.69 Å². The zero-order chi connectivity index (χ0) is 17.8. The van der Waals surface area contributed by atoms with Gasteiger partial charge in [-0.15, -0.1) is 0 Å². The van der Waals surface area contributed by atoms with Gasteiger partial charge in [0.15, 0.2) is 0 Å². The molecule has 0 aliphatic carbocycles. The topological polar surface area (TPSA) is 34.2 Å². The molecule has 1 atom stereocenters. The number of hydrazine groups is 1. The molecule has 2 N–H and O–H groups in total. The number of fused-ring (bicyclic) bond motifs is 5. The molecule has 3 aromatic carbocycles. The van der Waals surface area contributed by atoms with Crippen molar-refractivity contribution in [1.82, 2.24) is 4.57 Å². The summed E-state index contributed by atoms with van der Waals surface area (Å²) in [4.78, 5) is 0. The van der Waals surface area contributed by atoms with Gasteiger partial charge >= 0.3 is 0 Å². The van der Waals surface area contributed by atoms with Gasteiger partial charge in [0.1, 0.15) is 6.04 Å². The van der Waals surface area contributed by atoms with Crippen molar-refractivity contribution in [2.45, 2.75) is 19.9 Å². The van der Waals surface area contributed by atoms with Gasteiger partial charge in [0.2, 0.25) is 0 Å². The van der Waals surface area contributed by atoms with Crippen LogP contribution in [0, 0.1) is 13.8 Å². The molecule has 26 heavy (non-hydrogen) atoms. The molecule has 0 fully saturated rings. The maximum atomic E-state index is 6.68. The Morgan fingerprint density at radius 1 is 0.808 bits per heavy atom. The van der Waals surface area contributed by atoms with E-state index in [4.69, 9.17) is 5.84 Å². The van der Waals surface area contributed by atoms with Crippen molar-refractivity contribution in [3.05, 3.63) is 95.2 Å². The second-order valence-corrected chi connectivity index (χ2v) is 7.08. The predicted octanol–water partition coefficient (Wildman–Crippen LogP) is 5.03. The summed E-state index contributed by atoms with van der Waals surface area (Å²) >= 11 is 0. The maximum absolute atomic E-state index is 6.68. The number of benzene rings is 3. The second-order valence-electron chi connectivity index (χ2n) is 7.08. The Hall–Kier alpha value is -3.04. The minimum absolute atomic E-state index is 0.0150. The first-order chi connectivity index (χ1) is 12.7. The standard InChI is InChI=1S/C23H21N3/c1-15-12-13-19-18(14-15)16(2)22-23(17-8-4-3-5-9-17)26(24)21-11-7-6-10-20(21)25(19)22/h3-14,23H,24H2,1-2H3. The summed E-state index contributed by atoms with van der Waals surface area (Å²) in [5.74, 6) is 6.68. The minimum Gasteiger partial charge on any atom is -0.309 e. The van der Waals surface area contributed by atoms with Crippen molar-refractivity contribution in [3.8, 4) is 5.69 Å². The van der Waals surface area contributed by atoms with E-state index in [1.54, 1.807) is 0 Å². The van der Waals surface area contributed by atoms with Gasteiger partial charge in [-0.3, -0.25) is 5.01 Å². The highest BCUT2D eigenvalue weighted by Crippen LogP contribution is 2.45. The van der Waals surface area contributed by atoms with E-state index in [-0.39, 0.29) is 6.04 Å². The molecule has 1 unspecified atom stereocenters. The van der Waals surface area contributed by atoms with Crippen LogP contribution in [0.25, 0.3) is 16.6 Å². The zero-order valence-electron chi connectivity index (χ0n) is 15.0. The molecule has 2 heterocycles. The van der Waals surface area contributed by atoms with Gasteiger partial charge in [0.05, 0.1) is 22.6 Å². The molecular formula is C23H21N3. The molecule has 1 aliphatic heterocycles.